The van der Waals surface area contributed by atoms with Crippen molar-refractivity contribution in [2.75, 3.05) is 0 Å². The van der Waals surface area contributed by atoms with Crippen LogP contribution < -0.4 is 10.1 Å². The van der Waals surface area contributed by atoms with Crippen molar-refractivity contribution in [2.45, 2.75) is 78.0 Å². The number of aryl methyl sites for hydroxylation is 1. The van der Waals surface area contributed by atoms with Gasteiger partial charge in [-0.05, 0) is 56.4 Å². The Hall–Kier alpha value is -1.09. The Morgan fingerprint density at radius 3 is 2.52 bits per heavy atom. The fourth-order valence-corrected chi connectivity index (χ4v) is 3.02. The highest BCUT2D eigenvalue weighted by Gasteiger charge is 2.28. The molecule has 2 saturated carbocycles. The first-order valence-corrected chi connectivity index (χ1v) is 8.38. The lowest BCUT2D eigenvalue weighted by molar-refractivity contribution is 0.0947. The minimum atomic E-state index is 0.348. The first-order chi connectivity index (χ1) is 10.0. The predicted octanol–water partition coefficient (Wildman–Crippen LogP) is 3.99. The maximum atomic E-state index is 6.09. The maximum absolute atomic E-state index is 6.09. The highest BCUT2D eigenvalue weighted by atomic mass is 16.5. The summed E-state index contributed by atoms with van der Waals surface area (Å²) in [6.45, 7) is 7.72. The van der Waals surface area contributed by atoms with E-state index in [9.17, 15) is 0 Å². The zero-order valence-corrected chi connectivity index (χ0v) is 13.6. The topological polar surface area (TPSA) is 34.1 Å². The van der Waals surface area contributed by atoms with Gasteiger partial charge in [0.25, 0.3) is 0 Å². The average Bonchev–Trinajstić information content (AvgIpc) is 3.24. The fraction of sp³-hybridized carbons (Fsp3) is 0.722. The minimum absolute atomic E-state index is 0.348. The number of rotatable bonds is 5. The normalized spacial score (nSPS) is 22.2. The fourth-order valence-electron chi connectivity index (χ4n) is 3.02. The van der Waals surface area contributed by atoms with E-state index in [1.165, 1.54) is 31.2 Å². The van der Waals surface area contributed by atoms with E-state index in [1.807, 2.05) is 6.07 Å². The lowest BCUT2D eigenvalue weighted by Gasteiger charge is -2.34. The van der Waals surface area contributed by atoms with Crippen LogP contribution in [0.2, 0.25) is 0 Å². The number of nitrogens with zero attached hydrogens (tertiary/aromatic N) is 1. The van der Waals surface area contributed by atoms with Crippen molar-refractivity contribution in [3.8, 4) is 5.88 Å². The Balaban J connectivity index is 1.54. The van der Waals surface area contributed by atoms with Gasteiger partial charge in [0, 0.05) is 24.3 Å². The molecule has 0 aliphatic heterocycles. The maximum Gasteiger partial charge on any atom is 0.213 e. The minimum Gasteiger partial charge on any atom is -0.474 e. The van der Waals surface area contributed by atoms with E-state index < -0.39 is 0 Å². The van der Waals surface area contributed by atoms with Gasteiger partial charge in [0.15, 0.2) is 0 Å². The van der Waals surface area contributed by atoms with Gasteiger partial charge >= 0.3 is 0 Å². The molecule has 0 atom stereocenters. The number of hydrogen-bond acceptors (Lipinski definition) is 3. The molecule has 2 aliphatic carbocycles. The largest absolute Gasteiger partial charge is 0.474 e. The molecule has 0 radical (unpaired) electrons. The van der Waals surface area contributed by atoms with Crippen LogP contribution in [-0.4, -0.2) is 17.1 Å². The van der Waals surface area contributed by atoms with Crippen molar-refractivity contribution in [1.82, 2.24) is 10.3 Å². The molecule has 116 valence electrons. The van der Waals surface area contributed by atoms with Gasteiger partial charge in [-0.1, -0.05) is 19.9 Å². The number of hydrogen-bond donors (Lipinski definition) is 1. The molecule has 0 spiro atoms. The molecule has 1 aromatic rings. The molecule has 0 bridgehead atoms. The van der Waals surface area contributed by atoms with Gasteiger partial charge in [-0.2, -0.15) is 0 Å². The van der Waals surface area contributed by atoms with Gasteiger partial charge in [-0.3, -0.25) is 0 Å². The highest BCUT2D eigenvalue weighted by molar-refractivity contribution is 5.25. The molecule has 3 nitrogen and oxygen atoms in total. The van der Waals surface area contributed by atoms with Gasteiger partial charge < -0.3 is 10.1 Å². The summed E-state index contributed by atoms with van der Waals surface area (Å²) < 4.78 is 6.09. The standard InChI is InChI=1S/C18H28N2O/c1-13-14(12-19-15-5-6-15)4-7-17(20-13)21-16-8-10-18(2,3)11-9-16/h4,7,15-16,19H,5-6,8-12H2,1-3H3. The molecule has 1 aromatic heterocycles. The summed E-state index contributed by atoms with van der Waals surface area (Å²) in [4.78, 5) is 4.64. The van der Waals surface area contributed by atoms with Crippen molar-refractivity contribution in [1.29, 1.82) is 0 Å². The van der Waals surface area contributed by atoms with Crippen LogP contribution in [0.4, 0.5) is 0 Å². The molecule has 0 unspecified atom stereocenters. The van der Waals surface area contributed by atoms with Crippen LogP contribution in [0.15, 0.2) is 12.1 Å². The monoisotopic (exact) mass is 288 g/mol. The molecule has 21 heavy (non-hydrogen) atoms. The molecular weight excluding hydrogens is 260 g/mol. The van der Waals surface area contributed by atoms with Crippen molar-refractivity contribution >= 4 is 0 Å². The summed E-state index contributed by atoms with van der Waals surface area (Å²) in [5, 5.41) is 3.54. The Morgan fingerprint density at radius 2 is 1.90 bits per heavy atom. The molecular formula is C18H28N2O. The van der Waals surface area contributed by atoms with Crippen LogP contribution in [0.3, 0.4) is 0 Å². The van der Waals surface area contributed by atoms with Crippen molar-refractivity contribution < 1.29 is 4.74 Å². The van der Waals surface area contributed by atoms with Crippen LogP contribution >= 0.6 is 0 Å². The third kappa shape index (κ3) is 4.19. The quantitative estimate of drug-likeness (QED) is 0.889. The zero-order valence-electron chi connectivity index (χ0n) is 13.6. The van der Waals surface area contributed by atoms with Crippen LogP contribution in [-0.2, 0) is 6.54 Å². The lowest BCUT2D eigenvalue weighted by atomic mass is 9.76. The van der Waals surface area contributed by atoms with Gasteiger partial charge in [0.1, 0.15) is 6.10 Å². The summed E-state index contributed by atoms with van der Waals surface area (Å²) in [7, 11) is 0. The molecule has 0 amide bonds. The Morgan fingerprint density at radius 1 is 1.19 bits per heavy atom. The number of ether oxygens (including phenoxy) is 1. The summed E-state index contributed by atoms with van der Waals surface area (Å²) in [6.07, 6.45) is 7.80. The Kier molecular flexibility index (Phi) is 4.21. The van der Waals surface area contributed by atoms with E-state index >= 15 is 0 Å². The third-order valence-electron chi connectivity index (χ3n) is 4.90. The second-order valence-corrected chi connectivity index (χ2v) is 7.53. The van der Waals surface area contributed by atoms with Crippen molar-refractivity contribution in [3.63, 3.8) is 0 Å². The molecule has 3 rings (SSSR count). The van der Waals surface area contributed by atoms with Crippen LogP contribution in [0, 0.1) is 12.3 Å². The molecule has 0 aromatic carbocycles. The van der Waals surface area contributed by atoms with E-state index in [0.29, 0.717) is 11.5 Å². The summed E-state index contributed by atoms with van der Waals surface area (Å²) in [5.41, 5.74) is 2.87. The second-order valence-electron chi connectivity index (χ2n) is 7.53. The summed E-state index contributed by atoms with van der Waals surface area (Å²) >= 11 is 0. The summed E-state index contributed by atoms with van der Waals surface area (Å²) in [6, 6.07) is 4.95. The Bertz CT molecular complexity index is 484. The average molecular weight is 288 g/mol. The Labute approximate surface area is 128 Å². The lowest BCUT2D eigenvalue weighted by Crippen LogP contribution is -2.28. The highest BCUT2D eigenvalue weighted by Crippen LogP contribution is 2.36. The third-order valence-corrected chi connectivity index (χ3v) is 4.90. The number of nitrogens with one attached hydrogen (secondary N) is 1. The van der Waals surface area contributed by atoms with Crippen LogP contribution in [0.1, 0.15) is 63.6 Å². The molecule has 1 N–H and O–H groups in total. The number of pyridine rings is 1. The van der Waals surface area contributed by atoms with E-state index in [-0.39, 0.29) is 0 Å². The van der Waals surface area contributed by atoms with E-state index in [2.05, 4.69) is 37.1 Å². The first-order valence-electron chi connectivity index (χ1n) is 8.38. The SMILES string of the molecule is Cc1nc(OC2CCC(C)(C)CC2)ccc1CNC1CC1. The van der Waals surface area contributed by atoms with Gasteiger partial charge in [0.05, 0.1) is 0 Å². The molecule has 2 aliphatic rings. The van der Waals surface area contributed by atoms with Gasteiger partial charge in [0.2, 0.25) is 5.88 Å². The number of aromatic nitrogens is 1. The molecule has 3 heteroatoms. The van der Waals surface area contributed by atoms with Crippen molar-refractivity contribution in [2.24, 2.45) is 5.41 Å². The van der Waals surface area contributed by atoms with Crippen LogP contribution in [0.25, 0.3) is 0 Å². The smallest absolute Gasteiger partial charge is 0.213 e. The van der Waals surface area contributed by atoms with E-state index in [4.69, 9.17) is 4.74 Å². The van der Waals surface area contributed by atoms with Gasteiger partial charge in [-0.15, -0.1) is 0 Å². The molecule has 1 heterocycles. The zero-order chi connectivity index (χ0) is 14.9. The van der Waals surface area contributed by atoms with Crippen LogP contribution in [0.5, 0.6) is 5.88 Å². The molecule has 2 fully saturated rings. The first kappa shape index (κ1) is 14.8. The van der Waals surface area contributed by atoms with Gasteiger partial charge in [-0.25, -0.2) is 4.98 Å². The predicted molar refractivity (Wildman–Crippen MR) is 85.5 cm³/mol. The molecule has 0 saturated heterocycles. The van der Waals surface area contributed by atoms with Crippen molar-refractivity contribution in [3.05, 3.63) is 23.4 Å². The van der Waals surface area contributed by atoms with E-state index in [0.717, 1.165) is 37.0 Å². The second kappa shape index (κ2) is 5.96. The summed E-state index contributed by atoms with van der Waals surface area (Å²) in [5.74, 6) is 0.798. The van der Waals surface area contributed by atoms with E-state index in [1.54, 1.807) is 0 Å².